The molecule has 0 aliphatic heterocycles. The van der Waals surface area contributed by atoms with Gasteiger partial charge >= 0.3 is 5.69 Å². The van der Waals surface area contributed by atoms with Gasteiger partial charge in [0.05, 0.1) is 10.6 Å². The lowest BCUT2D eigenvalue weighted by molar-refractivity contribution is -0.383. The molecule has 0 saturated carbocycles. The smallest absolute Gasteiger partial charge is 0.300 e. The van der Waals surface area contributed by atoms with Crippen LogP contribution in [0.4, 0.5) is 11.4 Å². The van der Waals surface area contributed by atoms with Crippen LogP contribution >= 0.6 is 0 Å². The maximum Gasteiger partial charge on any atom is 0.300 e. The van der Waals surface area contributed by atoms with E-state index < -0.39 is 4.92 Å². The number of non-ortho nitro benzene ring substituents is 1. The average molecular weight is 334 g/mol. The van der Waals surface area contributed by atoms with Crippen LogP contribution in [0.5, 0.6) is 0 Å². The summed E-state index contributed by atoms with van der Waals surface area (Å²) in [6, 6.07) is 3.10. The molecule has 7 heteroatoms. The zero-order valence-corrected chi connectivity index (χ0v) is 14.3. The highest BCUT2D eigenvalue weighted by atomic mass is 16.6. The second-order valence-corrected chi connectivity index (χ2v) is 6.11. The van der Waals surface area contributed by atoms with Crippen molar-refractivity contribution in [3.8, 4) is 0 Å². The van der Waals surface area contributed by atoms with Gasteiger partial charge in [-0.15, -0.1) is 0 Å². The summed E-state index contributed by atoms with van der Waals surface area (Å²) >= 11 is 0. The van der Waals surface area contributed by atoms with Gasteiger partial charge in [0, 0.05) is 12.6 Å². The number of nitro benzene ring substituents is 1. The van der Waals surface area contributed by atoms with Crippen molar-refractivity contribution in [1.82, 2.24) is 10.3 Å². The third-order valence-electron chi connectivity index (χ3n) is 4.19. The molecule has 24 heavy (non-hydrogen) atoms. The molecule has 7 nitrogen and oxygen atoms in total. The maximum absolute atomic E-state index is 10.9. The van der Waals surface area contributed by atoms with E-state index in [9.17, 15) is 10.1 Å². The molecule has 0 saturated heterocycles. The number of rotatable bonds is 12. The fraction of sp³-hybridized carbons (Fsp3) is 0.647. The van der Waals surface area contributed by atoms with Crippen LogP contribution in [0, 0.1) is 10.1 Å². The minimum atomic E-state index is -0.475. The quantitative estimate of drug-likeness (QED) is 0.331. The van der Waals surface area contributed by atoms with E-state index in [4.69, 9.17) is 0 Å². The summed E-state index contributed by atoms with van der Waals surface area (Å²) < 4.78 is 4.65. The first-order valence-electron chi connectivity index (χ1n) is 8.87. The third-order valence-corrected chi connectivity index (χ3v) is 4.19. The zero-order valence-electron chi connectivity index (χ0n) is 14.3. The van der Waals surface area contributed by atoms with Gasteiger partial charge < -0.3 is 5.32 Å². The van der Waals surface area contributed by atoms with Gasteiger partial charge in [-0.05, 0) is 22.8 Å². The highest BCUT2D eigenvalue weighted by molar-refractivity contribution is 5.93. The van der Waals surface area contributed by atoms with E-state index >= 15 is 0 Å². The second-order valence-electron chi connectivity index (χ2n) is 6.11. The number of aromatic nitrogens is 2. The van der Waals surface area contributed by atoms with Crippen molar-refractivity contribution in [2.75, 3.05) is 11.9 Å². The lowest BCUT2D eigenvalue weighted by Gasteiger charge is -2.06. The largest absolute Gasteiger partial charge is 0.383 e. The van der Waals surface area contributed by atoms with Crippen LogP contribution in [-0.4, -0.2) is 21.8 Å². The number of unbranched alkanes of at least 4 members (excludes halogenated alkanes) is 8. The average Bonchev–Trinajstić information content (AvgIpc) is 3.06. The SMILES string of the molecule is CCCCCCCCCCCNc1ccc([N+](=O)[O-])c2nonc12. The topological polar surface area (TPSA) is 94.1 Å². The van der Waals surface area contributed by atoms with Crippen LogP contribution in [0.1, 0.15) is 64.7 Å². The first kappa shape index (κ1) is 18.2. The number of hydrogen-bond acceptors (Lipinski definition) is 6. The molecule has 2 aromatic rings. The van der Waals surface area contributed by atoms with Crippen LogP contribution in [0.3, 0.4) is 0 Å². The van der Waals surface area contributed by atoms with Crippen LogP contribution in [-0.2, 0) is 0 Å². The van der Waals surface area contributed by atoms with Crippen LogP contribution in [0.15, 0.2) is 16.8 Å². The number of anilines is 1. The predicted molar refractivity (Wildman–Crippen MR) is 94.2 cm³/mol. The molecule has 132 valence electrons. The molecule has 1 aromatic carbocycles. The Morgan fingerprint density at radius 3 is 2.29 bits per heavy atom. The van der Waals surface area contributed by atoms with Crippen molar-refractivity contribution >= 4 is 22.4 Å². The lowest BCUT2D eigenvalue weighted by Crippen LogP contribution is -2.02. The molecular weight excluding hydrogens is 308 g/mol. The molecule has 0 atom stereocenters. The Kier molecular flexibility index (Phi) is 7.45. The number of nitrogens with zero attached hydrogens (tertiary/aromatic N) is 3. The molecule has 0 unspecified atom stereocenters. The van der Waals surface area contributed by atoms with Crippen molar-refractivity contribution in [3.63, 3.8) is 0 Å². The van der Waals surface area contributed by atoms with Crippen molar-refractivity contribution < 1.29 is 9.55 Å². The molecule has 0 spiro atoms. The first-order valence-corrected chi connectivity index (χ1v) is 8.87. The fourth-order valence-corrected chi connectivity index (χ4v) is 2.80. The van der Waals surface area contributed by atoms with E-state index in [2.05, 4.69) is 27.2 Å². The summed E-state index contributed by atoms with van der Waals surface area (Å²) in [7, 11) is 0. The highest BCUT2D eigenvalue weighted by Crippen LogP contribution is 2.28. The van der Waals surface area contributed by atoms with Gasteiger partial charge in [-0.1, -0.05) is 58.3 Å². The van der Waals surface area contributed by atoms with Crippen LogP contribution in [0.25, 0.3) is 11.0 Å². The van der Waals surface area contributed by atoms with E-state index in [1.165, 1.54) is 57.4 Å². The summed E-state index contributed by atoms with van der Waals surface area (Å²) in [5.74, 6) is 0. The Hall–Kier alpha value is -2.18. The van der Waals surface area contributed by atoms with Crippen molar-refractivity contribution in [1.29, 1.82) is 0 Å². The summed E-state index contributed by atoms with van der Waals surface area (Å²) in [4.78, 5) is 10.5. The van der Waals surface area contributed by atoms with Gasteiger partial charge in [0.1, 0.15) is 0 Å². The van der Waals surface area contributed by atoms with Crippen molar-refractivity contribution in [3.05, 3.63) is 22.2 Å². The number of hydrogen-bond donors (Lipinski definition) is 1. The zero-order chi connectivity index (χ0) is 17.2. The molecule has 0 bridgehead atoms. The molecule has 1 heterocycles. The number of fused-ring (bicyclic) bond motifs is 1. The Bertz CT molecular complexity index is 642. The molecule has 0 amide bonds. The number of benzene rings is 1. The Morgan fingerprint density at radius 2 is 1.62 bits per heavy atom. The molecule has 2 rings (SSSR count). The van der Waals surface area contributed by atoms with Crippen LogP contribution < -0.4 is 5.32 Å². The first-order chi connectivity index (χ1) is 11.7. The lowest BCUT2D eigenvalue weighted by atomic mass is 10.1. The van der Waals surface area contributed by atoms with E-state index in [1.54, 1.807) is 6.07 Å². The molecule has 0 aliphatic carbocycles. The predicted octanol–water partition coefficient (Wildman–Crippen LogP) is 5.07. The Balaban J connectivity index is 1.68. The standard InChI is InChI=1S/C17H26N4O3/c1-2-3-4-5-6-7-8-9-10-13-18-14-11-12-15(21(22)23)17-16(14)19-24-20-17/h11-12,18H,2-10,13H2,1H3. The number of nitrogens with one attached hydrogen (secondary N) is 1. The minimum absolute atomic E-state index is 0.0835. The highest BCUT2D eigenvalue weighted by Gasteiger charge is 2.19. The van der Waals surface area contributed by atoms with E-state index in [-0.39, 0.29) is 11.2 Å². The van der Waals surface area contributed by atoms with Gasteiger partial charge in [0.25, 0.3) is 0 Å². The van der Waals surface area contributed by atoms with Gasteiger partial charge in [-0.3, -0.25) is 10.1 Å². The van der Waals surface area contributed by atoms with Gasteiger partial charge in [-0.2, -0.15) is 0 Å². The van der Waals surface area contributed by atoms with E-state index in [0.717, 1.165) is 18.7 Å². The van der Waals surface area contributed by atoms with Crippen LogP contribution in [0.2, 0.25) is 0 Å². The summed E-state index contributed by atoms with van der Waals surface area (Å²) in [5, 5.41) is 21.6. The minimum Gasteiger partial charge on any atom is -0.383 e. The third kappa shape index (κ3) is 5.18. The molecular formula is C17H26N4O3. The second kappa shape index (κ2) is 9.85. The van der Waals surface area contributed by atoms with E-state index in [1.807, 2.05) is 0 Å². The van der Waals surface area contributed by atoms with Crippen molar-refractivity contribution in [2.24, 2.45) is 0 Å². The fourth-order valence-electron chi connectivity index (χ4n) is 2.80. The molecule has 0 fully saturated rings. The summed E-state index contributed by atoms with van der Waals surface area (Å²) in [6.07, 6.45) is 11.5. The maximum atomic E-state index is 10.9. The Labute approximate surface area is 141 Å². The van der Waals surface area contributed by atoms with E-state index in [0.29, 0.717) is 5.52 Å². The molecule has 0 radical (unpaired) electrons. The molecule has 1 aromatic heterocycles. The van der Waals surface area contributed by atoms with Gasteiger partial charge in [-0.25, -0.2) is 4.63 Å². The van der Waals surface area contributed by atoms with Gasteiger partial charge in [0.2, 0.25) is 5.52 Å². The normalized spacial score (nSPS) is 11.0. The monoisotopic (exact) mass is 334 g/mol. The van der Waals surface area contributed by atoms with Crippen molar-refractivity contribution in [2.45, 2.75) is 64.7 Å². The van der Waals surface area contributed by atoms with Gasteiger partial charge in [0.15, 0.2) is 5.52 Å². The Morgan fingerprint density at radius 1 is 1.00 bits per heavy atom. The summed E-state index contributed by atoms with van der Waals surface area (Å²) in [5.41, 5.74) is 1.26. The number of nitro groups is 1. The summed E-state index contributed by atoms with van der Waals surface area (Å²) in [6.45, 7) is 3.05. The molecule has 1 N–H and O–H groups in total. The molecule has 0 aliphatic rings.